The number of aliphatic hydroxyl groups is 1. The Balaban J connectivity index is 1.45. The molecule has 1 aliphatic heterocycles. The summed E-state index contributed by atoms with van der Waals surface area (Å²) in [4.78, 5) is 66.1. The summed E-state index contributed by atoms with van der Waals surface area (Å²) < 4.78 is 20.8. The first-order valence-electron chi connectivity index (χ1n) is 16.4. The van der Waals surface area contributed by atoms with Crippen molar-refractivity contribution < 1.29 is 48.0 Å². The molecule has 1 atom stereocenters. The summed E-state index contributed by atoms with van der Waals surface area (Å²) in [5.74, 6) is -1.25. The molecular formula is C36H43N5O10. The Morgan fingerprint density at radius 3 is 2.25 bits per heavy atom. The van der Waals surface area contributed by atoms with Gasteiger partial charge in [0.1, 0.15) is 5.60 Å². The average molecular weight is 706 g/mol. The van der Waals surface area contributed by atoms with Gasteiger partial charge in [-0.2, -0.15) is 0 Å². The number of anilines is 3. The van der Waals surface area contributed by atoms with Gasteiger partial charge < -0.3 is 44.5 Å². The van der Waals surface area contributed by atoms with Crippen LogP contribution in [0.3, 0.4) is 0 Å². The molecular weight excluding hydrogens is 662 g/mol. The van der Waals surface area contributed by atoms with Crippen LogP contribution in [0, 0.1) is 0 Å². The summed E-state index contributed by atoms with van der Waals surface area (Å²) in [5, 5.41) is 17.8. The van der Waals surface area contributed by atoms with E-state index in [0.717, 1.165) is 12.8 Å². The SMILES string of the molecule is CCCCOC(=O)N(C)CCN(Cc1ccc(C(=O)Nc2ccccc2NC(=O)OC(C)(C)C)cc1)C(=O)Nc1ccc2c(c1)OC(=O)C(O)O2. The largest absolute Gasteiger partial charge is 0.450 e. The Hall–Kier alpha value is -5.83. The Morgan fingerprint density at radius 1 is 0.902 bits per heavy atom. The molecule has 1 heterocycles. The van der Waals surface area contributed by atoms with Gasteiger partial charge in [0.2, 0.25) is 0 Å². The van der Waals surface area contributed by atoms with Crippen molar-refractivity contribution in [3.63, 3.8) is 0 Å². The van der Waals surface area contributed by atoms with Gasteiger partial charge in [0.05, 0.1) is 18.0 Å². The highest BCUT2D eigenvalue weighted by molar-refractivity contribution is 6.07. The van der Waals surface area contributed by atoms with Gasteiger partial charge in [-0.3, -0.25) is 10.1 Å². The number of para-hydroxylation sites is 2. The average Bonchev–Trinajstić information content (AvgIpc) is 3.07. The van der Waals surface area contributed by atoms with Crippen molar-refractivity contribution in [2.75, 3.05) is 42.7 Å². The number of esters is 1. The number of nitrogens with zero attached hydrogens (tertiary/aromatic N) is 2. The molecule has 5 amide bonds. The normalized spacial score (nSPS) is 13.5. The number of carbonyl (C=O) groups excluding carboxylic acids is 5. The molecule has 0 aliphatic carbocycles. The number of aliphatic hydroxyl groups excluding tert-OH is 1. The predicted molar refractivity (Wildman–Crippen MR) is 188 cm³/mol. The molecule has 0 aromatic heterocycles. The van der Waals surface area contributed by atoms with E-state index < -0.39 is 42.0 Å². The second-order valence-corrected chi connectivity index (χ2v) is 12.6. The van der Waals surface area contributed by atoms with Crippen LogP contribution in [0.25, 0.3) is 0 Å². The second kappa shape index (κ2) is 17.2. The maximum Gasteiger partial charge on any atom is 0.412 e. The molecule has 4 N–H and O–H groups in total. The molecule has 0 saturated heterocycles. The van der Waals surface area contributed by atoms with Gasteiger partial charge in [-0.1, -0.05) is 37.6 Å². The highest BCUT2D eigenvalue weighted by Crippen LogP contribution is 2.34. The van der Waals surface area contributed by atoms with E-state index in [2.05, 4.69) is 16.0 Å². The van der Waals surface area contributed by atoms with Gasteiger partial charge in [0, 0.05) is 44.0 Å². The van der Waals surface area contributed by atoms with Gasteiger partial charge in [-0.15, -0.1) is 0 Å². The van der Waals surface area contributed by atoms with Crippen LogP contribution in [-0.2, 0) is 20.8 Å². The van der Waals surface area contributed by atoms with Crippen molar-refractivity contribution in [1.29, 1.82) is 0 Å². The molecule has 0 radical (unpaired) electrons. The number of urea groups is 1. The molecule has 3 aromatic carbocycles. The molecule has 0 fully saturated rings. The van der Waals surface area contributed by atoms with Gasteiger partial charge in [0.25, 0.3) is 12.2 Å². The number of unbranched alkanes of at least 4 members (excludes halogenated alkanes) is 1. The highest BCUT2D eigenvalue weighted by Gasteiger charge is 2.28. The molecule has 15 heteroatoms. The number of ether oxygens (including phenoxy) is 4. The number of likely N-dealkylation sites (N-methyl/N-ethyl adjacent to an activating group) is 1. The highest BCUT2D eigenvalue weighted by atomic mass is 16.7. The first-order valence-corrected chi connectivity index (χ1v) is 16.4. The van der Waals surface area contributed by atoms with Crippen LogP contribution >= 0.6 is 0 Å². The van der Waals surface area contributed by atoms with E-state index >= 15 is 0 Å². The van der Waals surface area contributed by atoms with Crippen LogP contribution in [0.1, 0.15) is 56.5 Å². The van der Waals surface area contributed by atoms with E-state index in [0.29, 0.717) is 29.1 Å². The first kappa shape index (κ1) is 38.0. The molecule has 15 nitrogen and oxygen atoms in total. The van der Waals surface area contributed by atoms with Crippen LogP contribution in [-0.4, -0.2) is 83.6 Å². The van der Waals surface area contributed by atoms with Gasteiger partial charge in [0.15, 0.2) is 11.5 Å². The van der Waals surface area contributed by atoms with Crippen LogP contribution in [0.4, 0.5) is 31.4 Å². The minimum Gasteiger partial charge on any atom is -0.450 e. The van der Waals surface area contributed by atoms with Crippen LogP contribution in [0.15, 0.2) is 66.7 Å². The molecule has 4 rings (SSSR count). The van der Waals surface area contributed by atoms with Crippen molar-refractivity contribution in [1.82, 2.24) is 9.80 Å². The Kier molecular flexibility index (Phi) is 12.8. The zero-order valence-electron chi connectivity index (χ0n) is 29.2. The maximum absolute atomic E-state index is 13.6. The van der Waals surface area contributed by atoms with Gasteiger partial charge in [-0.05, 0) is 69.2 Å². The lowest BCUT2D eigenvalue weighted by Crippen LogP contribution is -2.41. The zero-order chi connectivity index (χ0) is 37.1. The molecule has 51 heavy (non-hydrogen) atoms. The van der Waals surface area contributed by atoms with Crippen LogP contribution in [0.2, 0.25) is 0 Å². The number of amides is 5. The minimum atomic E-state index is -1.74. The zero-order valence-corrected chi connectivity index (χ0v) is 29.2. The first-order chi connectivity index (χ1) is 24.2. The lowest BCUT2D eigenvalue weighted by Gasteiger charge is -2.26. The van der Waals surface area contributed by atoms with E-state index in [1.165, 1.54) is 28.0 Å². The lowest BCUT2D eigenvalue weighted by molar-refractivity contribution is -0.163. The smallest absolute Gasteiger partial charge is 0.412 e. The topological polar surface area (TPSA) is 185 Å². The number of fused-ring (bicyclic) bond motifs is 1. The Morgan fingerprint density at radius 2 is 1.59 bits per heavy atom. The van der Waals surface area contributed by atoms with E-state index in [4.69, 9.17) is 18.9 Å². The van der Waals surface area contributed by atoms with Crippen molar-refractivity contribution in [3.8, 4) is 11.5 Å². The number of nitrogens with one attached hydrogen (secondary N) is 3. The summed E-state index contributed by atoms with van der Waals surface area (Å²) in [7, 11) is 1.57. The van der Waals surface area contributed by atoms with Crippen molar-refractivity contribution in [3.05, 3.63) is 77.9 Å². The molecule has 3 aromatic rings. The summed E-state index contributed by atoms with van der Waals surface area (Å²) in [6, 6.07) is 17.2. The fourth-order valence-corrected chi connectivity index (χ4v) is 4.61. The standard InChI is InChI=1S/C36H43N5O10/c1-6-7-20-48-35(47)40(5)18-19-41(33(45)37-25-16-17-28-29(21-25)50-32(44)31(43)49-28)22-23-12-14-24(15-13-23)30(42)38-26-10-8-9-11-27(26)39-34(46)51-36(2,3)4/h8-17,21,31,43H,6-7,18-20,22H2,1-5H3,(H,37,45)(H,38,42)(H,39,46). The number of benzene rings is 3. The molecule has 0 bridgehead atoms. The number of hydrogen-bond donors (Lipinski definition) is 4. The minimum absolute atomic E-state index is 0.0290. The monoisotopic (exact) mass is 705 g/mol. The summed E-state index contributed by atoms with van der Waals surface area (Å²) >= 11 is 0. The number of hydrogen-bond acceptors (Lipinski definition) is 10. The van der Waals surface area contributed by atoms with Crippen molar-refractivity contribution in [2.45, 2.75) is 59.0 Å². The molecule has 0 saturated carbocycles. The Labute approximate surface area is 295 Å². The Bertz CT molecular complexity index is 1720. The van der Waals surface area contributed by atoms with E-state index in [1.807, 2.05) is 6.92 Å². The second-order valence-electron chi connectivity index (χ2n) is 12.6. The third-order valence-corrected chi connectivity index (χ3v) is 7.27. The molecule has 272 valence electrons. The molecule has 0 spiro atoms. The fourth-order valence-electron chi connectivity index (χ4n) is 4.61. The lowest BCUT2D eigenvalue weighted by atomic mass is 10.1. The summed E-state index contributed by atoms with van der Waals surface area (Å²) in [6.45, 7) is 7.89. The fraction of sp³-hybridized carbons (Fsp3) is 0.361. The van der Waals surface area contributed by atoms with Gasteiger partial charge in [-0.25, -0.2) is 19.2 Å². The van der Waals surface area contributed by atoms with Gasteiger partial charge >= 0.3 is 24.2 Å². The van der Waals surface area contributed by atoms with E-state index in [-0.39, 0.29) is 36.8 Å². The molecule has 1 unspecified atom stereocenters. The maximum atomic E-state index is 13.6. The quantitative estimate of drug-likeness (QED) is 0.102. The van der Waals surface area contributed by atoms with E-state index in [9.17, 15) is 29.1 Å². The van der Waals surface area contributed by atoms with E-state index in [1.54, 1.807) is 76.3 Å². The van der Waals surface area contributed by atoms with Crippen LogP contribution in [0.5, 0.6) is 11.5 Å². The summed E-state index contributed by atoms with van der Waals surface area (Å²) in [6.07, 6.45) is -1.31. The summed E-state index contributed by atoms with van der Waals surface area (Å²) in [5.41, 5.74) is 1.33. The number of rotatable bonds is 12. The number of carbonyl (C=O) groups is 5. The third kappa shape index (κ3) is 11.4. The van der Waals surface area contributed by atoms with Crippen LogP contribution < -0.4 is 25.4 Å². The van der Waals surface area contributed by atoms with Crippen molar-refractivity contribution in [2.24, 2.45) is 0 Å². The third-order valence-electron chi connectivity index (χ3n) is 7.27. The molecule has 1 aliphatic rings. The van der Waals surface area contributed by atoms with Crippen molar-refractivity contribution >= 4 is 47.2 Å². The predicted octanol–water partition coefficient (Wildman–Crippen LogP) is 5.80.